The van der Waals surface area contributed by atoms with Crippen LogP contribution in [-0.2, 0) is 16.1 Å². The lowest BCUT2D eigenvalue weighted by Gasteiger charge is -2.22. The molecule has 0 radical (unpaired) electrons. The minimum Gasteiger partial charge on any atom is -0.371 e. The molecule has 0 saturated heterocycles. The number of benzene rings is 1. The van der Waals surface area contributed by atoms with Crippen molar-refractivity contribution in [3.8, 4) is 0 Å². The molecule has 2 aromatic rings. The van der Waals surface area contributed by atoms with Crippen molar-refractivity contribution in [3.63, 3.8) is 0 Å². The van der Waals surface area contributed by atoms with Crippen LogP contribution in [0.5, 0.6) is 0 Å². The second-order valence-corrected chi connectivity index (χ2v) is 6.83. The van der Waals surface area contributed by atoms with E-state index in [0.717, 1.165) is 24.8 Å². The molecule has 6 nitrogen and oxygen atoms in total. The fourth-order valence-corrected chi connectivity index (χ4v) is 3.33. The number of aromatic nitrogens is 1. The molecule has 0 spiro atoms. The number of hydroxylamine groups is 1. The fourth-order valence-electron chi connectivity index (χ4n) is 3.10. The summed E-state index contributed by atoms with van der Waals surface area (Å²) in [4.78, 5) is 15.4. The monoisotopic (exact) mass is 387 g/mol. The van der Waals surface area contributed by atoms with Crippen molar-refractivity contribution in [2.45, 2.75) is 38.0 Å². The standard InChI is InChI=1S/C20H22ClN3O3/c21-16-11-15(9-10-19(25)24-26)12-22-20(16)23-17-7-4-8-18(17)27-13-14-5-2-1-3-6-14/h1-3,5-6,9-12,17-18,26H,4,7-8,13H2,(H,22,23)(H,24,25)/b10-9+/t17-,18-/m1/s1. The normalized spacial score (nSPS) is 19.3. The first kappa shape index (κ1) is 19.4. The summed E-state index contributed by atoms with van der Waals surface area (Å²) in [5.74, 6) is -0.0154. The van der Waals surface area contributed by atoms with Gasteiger partial charge in [0, 0.05) is 12.3 Å². The topological polar surface area (TPSA) is 83.5 Å². The van der Waals surface area contributed by atoms with Crippen LogP contribution in [-0.4, -0.2) is 28.2 Å². The van der Waals surface area contributed by atoms with E-state index in [1.165, 1.54) is 17.6 Å². The number of ether oxygens (including phenoxy) is 1. The van der Waals surface area contributed by atoms with Gasteiger partial charge in [-0.25, -0.2) is 10.5 Å². The Morgan fingerprint density at radius 1 is 1.33 bits per heavy atom. The molecule has 142 valence electrons. The van der Waals surface area contributed by atoms with Crippen LogP contribution < -0.4 is 10.8 Å². The quantitative estimate of drug-likeness (QED) is 0.382. The third-order valence-corrected chi connectivity index (χ3v) is 4.77. The zero-order chi connectivity index (χ0) is 19.1. The predicted molar refractivity (Wildman–Crippen MR) is 104 cm³/mol. The number of amides is 1. The summed E-state index contributed by atoms with van der Waals surface area (Å²) in [5.41, 5.74) is 3.35. The number of nitrogens with zero attached hydrogens (tertiary/aromatic N) is 1. The zero-order valence-electron chi connectivity index (χ0n) is 14.8. The van der Waals surface area contributed by atoms with Crippen LogP contribution in [0.3, 0.4) is 0 Å². The first-order valence-electron chi connectivity index (χ1n) is 8.85. The van der Waals surface area contributed by atoms with Gasteiger partial charge in [0.25, 0.3) is 5.91 Å². The minimum absolute atomic E-state index is 0.107. The fraction of sp³-hybridized carbons (Fsp3) is 0.300. The number of carbonyl (C=O) groups excluding carboxylic acids is 1. The summed E-state index contributed by atoms with van der Waals surface area (Å²) in [6.45, 7) is 0.585. The highest BCUT2D eigenvalue weighted by atomic mass is 35.5. The van der Waals surface area contributed by atoms with E-state index in [1.54, 1.807) is 12.3 Å². The molecule has 1 aromatic heterocycles. The van der Waals surface area contributed by atoms with Gasteiger partial charge in [0.15, 0.2) is 0 Å². The Morgan fingerprint density at radius 3 is 2.89 bits per heavy atom. The first-order valence-corrected chi connectivity index (χ1v) is 9.23. The van der Waals surface area contributed by atoms with Crippen LogP contribution in [0.4, 0.5) is 5.82 Å². The van der Waals surface area contributed by atoms with Crippen LogP contribution in [0.1, 0.15) is 30.4 Å². The van der Waals surface area contributed by atoms with E-state index in [4.69, 9.17) is 21.5 Å². The van der Waals surface area contributed by atoms with E-state index >= 15 is 0 Å². The molecule has 1 aromatic carbocycles. The van der Waals surface area contributed by atoms with E-state index in [2.05, 4.69) is 22.4 Å². The van der Waals surface area contributed by atoms with Gasteiger partial charge in [-0.15, -0.1) is 0 Å². The molecule has 3 rings (SSSR count). The van der Waals surface area contributed by atoms with Gasteiger partial charge in [-0.3, -0.25) is 10.0 Å². The van der Waals surface area contributed by atoms with Gasteiger partial charge < -0.3 is 10.1 Å². The molecule has 2 atom stereocenters. The first-order chi connectivity index (χ1) is 13.2. The molecule has 1 aliphatic carbocycles. The van der Waals surface area contributed by atoms with Crippen molar-refractivity contribution >= 4 is 29.4 Å². The van der Waals surface area contributed by atoms with Crippen molar-refractivity contribution < 1.29 is 14.7 Å². The molecule has 0 unspecified atom stereocenters. The number of anilines is 1. The molecule has 0 bridgehead atoms. The molecule has 27 heavy (non-hydrogen) atoms. The number of hydrogen-bond donors (Lipinski definition) is 3. The van der Waals surface area contributed by atoms with Crippen molar-refractivity contribution in [2.24, 2.45) is 0 Å². The maximum atomic E-state index is 11.0. The van der Waals surface area contributed by atoms with Gasteiger partial charge in [0.05, 0.1) is 23.8 Å². The molecule has 3 N–H and O–H groups in total. The third kappa shape index (κ3) is 5.53. The summed E-state index contributed by atoms with van der Waals surface area (Å²) in [6, 6.07) is 12.0. The molecule has 1 saturated carbocycles. The number of carbonyl (C=O) groups is 1. The van der Waals surface area contributed by atoms with Crippen LogP contribution in [0.25, 0.3) is 6.08 Å². The minimum atomic E-state index is -0.613. The van der Waals surface area contributed by atoms with Gasteiger partial charge in [-0.2, -0.15) is 0 Å². The molecule has 1 amide bonds. The van der Waals surface area contributed by atoms with Crippen molar-refractivity contribution in [1.29, 1.82) is 0 Å². The highest BCUT2D eigenvalue weighted by Gasteiger charge is 2.28. The second-order valence-electron chi connectivity index (χ2n) is 6.43. The Morgan fingerprint density at radius 2 is 2.15 bits per heavy atom. The Labute approximate surface area is 163 Å². The van der Waals surface area contributed by atoms with Crippen molar-refractivity contribution in [1.82, 2.24) is 10.5 Å². The summed E-state index contributed by atoms with van der Waals surface area (Å²) < 4.78 is 6.10. The lowest BCUT2D eigenvalue weighted by molar-refractivity contribution is -0.124. The van der Waals surface area contributed by atoms with E-state index in [-0.39, 0.29) is 12.1 Å². The maximum Gasteiger partial charge on any atom is 0.267 e. The van der Waals surface area contributed by atoms with Gasteiger partial charge in [0.2, 0.25) is 0 Å². The zero-order valence-corrected chi connectivity index (χ0v) is 15.5. The number of nitrogens with one attached hydrogen (secondary N) is 2. The summed E-state index contributed by atoms with van der Waals surface area (Å²) in [6.07, 6.45) is 7.53. The third-order valence-electron chi connectivity index (χ3n) is 4.48. The molecule has 0 aliphatic heterocycles. The Bertz CT molecular complexity index is 798. The average Bonchev–Trinajstić information content (AvgIpc) is 3.14. The van der Waals surface area contributed by atoms with Crippen LogP contribution in [0.15, 0.2) is 48.7 Å². The smallest absolute Gasteiger partial charge is 0.267 e. The largest absolute Gasteiger partial charge is 0.371 e. The van der Waals surface area contributed by atoms with Crippen LogP contribution in [0.2, 0.25) is 5.02 Å². The Balaban J connectivity index is 1.60. The van der Waals surface area contributed by atoms with Crippen molar-refractivity contribution in [3.05, 3.63) is 64.8 Å². The van der Waals surface area contributed by atoms with E-state index < -0.39 is 5.91 Å². The van der Waals surface area contributed by atoms with E-state index in [1.807, 2.05) is 18.2 Å². The number of halogens is 1. The van der Waals surface area contributed by atoms with Crippen molar-refractivity contribution in [2.75, 3.05) is 5.32 Å². The number of rotatable bonds is 7. The molecule has 1 fully saturated rings. The number of pyridine rings is 1. The van der Waals surface area contributed by atoms with E-state index in [9.17, 15) is 4.79 Å². The van der Waals surface area contributed by atoms with E-state index in [0.29, 0.717) is 23.0 Å². The second kappa shape index (κ2) is 9.50. The van der Waals surface area contributed by atoms with Gasteiger partial charge in [-0.1, -0.05) is 41.9 Å². The van der Waals surface area contributed by atoms with Crippen LogP contribution >= 0.6 is 11.6 Å². The lowest BCUT2D eigenvalue weighted by Crippen LogP contribution is -2.31. The molecular weight excluding hydrogens is 366 g/mol. The molecule has 1 aliphatic rings. The number of hydrogen-bond acceptors (Lipinski definition) is 5. The molecule has 1 heterocycles. The lowest BCUT2D eigenvalue weighted by atomic mass is 10.2. The van der Waals surface area contributed by atoms with Gasteiger partial charge >= 0.3 is 0 Å². The molecule has 7 heteroatoms. The maximum absolute atomic E-state index is 11.0. The molecular formula is C20H22ClN3O3. The summed E-state index contributed by atoms with van der Waals surface area (Å²) in [5, 5.41) is 12.4. The Kier molecular flexibility index (Phi) is 6.81. The summed E-state index contributed by atoms with van der Waals surface area (Å²) in [7, 11) is 0. The summed E-state index contributed by atoms with van der Waals surface area (Å²) >= 11 is 6.33. The highest BCUT2D eigenvalue weighted by Crippen LogP contribution is 2.29. The van der Waals surface area contributed by atoms with Gasteiger partial charge in [0.1, 0.15) is 5.82 Å². The highest BCUT2D eigenvalue weighted by molar-refractivity contribution is 6.33. The predicted octanol–water partition coefficient (Wildman–Crippen LogP) is 3.80. The van der Waals surface area contributed by atoms with Crippen LogP contribution in [0, 0.1) is 0 Å². The average molecular weight is 388 g/mol. The Hall–Kier alpha value is -2.41. The SMILES string of the molecule is O=C(/C=C/c1cnc(N[C@@H]2CCC[C@H]2OCc2ccccc2)c(Cl)c1)NO. The van der Waals surface area contributed by atoms with Gasteiger partial charge in [-0.05, 0) is 42.5 Å².